The average Bonchev–Trinajstić information content (AvgIpc) is 2.30. The molecule has 17 heavy (non-hydrogen) atoms. The van der Waals surface area contributed by atoms with Gasteiger partial charge >= 0.3 is 0 Å². The maximum Gasteiger partial charge on any atom is 0.0717 e. The smallest absolute Gasteiger partial charge is 0.0717 e. The fraction of sp³-hybridized carbons (Fsp3) is 0.600. The molecule has 0 fully saturated rings. The zero-order valence-corrected chi connectivity index (χ0v) is 11.3. The van der Waals surface area contributed by atoms with Crippen molar-refractivity contribution in [3.63, 3.8) is 0 Å². The average molecular weight is 235 g/mol. The lowest BCUT2D eigenvalue weighted by Gasteiger charge is -2.18. The third kappa shape index (κ3) is 6.44. The van der Waals surface area contributed by atoms with Crippen LogP contribution < -0.4 is 5.32 Å². The first-order chi connectivity index (χ1) is 8.22. The fourth-order valence-electron chi connectivity index (χ4n) is 2.08. The molecule has 0 heterocycles. The highest BCUT2D eigenvalue weighted by Gasteiger charge is 2.10. The lowest BCUT2D eigenvalue weighted by molar-refractivity contribution is 0.0801. The highest BCUT2D eigenvalue weighted by atomic mass is 16.5. The Balaban J connectivity index is 2.26. The molecule has 0 spiro atoms. The first-order valence-corrected chi connectivity index (χ1v) is 6.48. The SMILES string of the molecule is CNCC(COCc1ccccc1)CC(C)C. The van der Waals surface area contributed by atoms with Crippen molar-refractivity contribution in [1.29, 1.82) is 0 Å². The van der Waals surface area contributed by atoms with Crippen molar-refractivity contribution in [2.45, 2.75) is 26.9 Å². The minimum Gasteiger partial charge on any atom is -0.376 e. The number of ether oxygens (including phenoxy) is 1. The van der Waals surface area contributed by atoms with E-state index in [0.29, 0.717) is 5.92 Å². The van der Waals surface area contributed by atoms with Gasteiger partial charge in [0, 0.05) is 0 Å². The lowest BCUT2D eigenvalue weighted by Crippen LogP contribution is -2.24. The van der Waals surface area contributed by atoms with Gasteiger partial charge in [0.1, 0.15) is 0 Å². The highest BCUT2D eigenvalue weighted by molar-refractivity contribution is 5.13. The van der Waals surface area contributed by atoms with Gasteiger partial charge in [0.05, 0.1) is 13.2 Å². The van der Waals surface area contributed by atoms with Gasteiger partial charge in [-0.25, -0.2) is 0 Å². The van der Waals surface area contributed by atoms with Crippen LogP contribution in [0.2, 0.25) is 0 Å². The molecule has 1 rings (SSSR count). The third-order valence-electron chi connectivity index (χ3n) is 2.76. The van der Waals surface area contributed by atoms with Crippen LogP contribution in [0.3, 0.4) is 0 Å². The summed E-state index contributed by atoms with van der Waals surface area (Å²) in [5.74, 6) is 1.34. The first-order valence-electron chi connectivity index (χ1n) is 6.48. The fourth-order valence-corrected chi connectivity index (χ4v) is 2.08. The van der Waals surface area contributed by atoms with Gasteiger partial charge in [0.25, 0.3) is 0 Å². The van der Waals surface area contributed by atoms with Gasteiger partial charge in [-0.1, -0.05) is 44.2 Å². The Hall–Kier alpha value is -0.860. The van der Waals surface area contributed by atoms with Crippen molar-refractivity contribution in [2.75, 3.05) is 20.2 Å². The topological polar surface area (TPSA) is 21.3 Å². The number of rotatable bonds is 8. The normalized spacial score (nSPS) is 12.9. The molecule has 1 aromatic rings. The molecular formula is C15H25NO. The summed E-state index contributed by atoms with van der Waals surface area (Å²) in [7, 11) is 2.00. The number of hydrogen-bond donors (Lipinski definition) is 1. The summed E-state index contributed by atoms with van der Waals surface area (Å²) in [4.78, 5) is 0. The van der Waals surface area contributed by atoms with Crippen molar-refractivity contribution in [3.8, 4) is 0 Å². The molecule has 0 amide bonds. The molecule has 0 saturated carbocycles. The molecule has 1 unspecified atom stereocenters. The molecule has 1 aromatic carbocycles. The maximum absolute atomic E-state index is 5.80. The standard InChI is InChI=1S/C15H25NO/c1-13(2)9-15(10-16-3)12-17-11-14-7-5-4-6-8-14/h4-8,13,15-16H,9-12H2,1-3H3. The third-order valence-corrected chi connectivity index (χ3v) is 2.76. The minimum atomic E-state index is 0.615. The Morgan fingerprint density at radius 2 is 1.88 bits per heavy atom. The van der Waals surface area contributed by atoms with Crippen LogP contribution in [0.15, 0.2) is 30.3 Å². The summed E-state index contributed by atoms with van der Waals surface area (Å²) in [6, 6.07) is 10.4. The van der Waals surface area contributed by atoms with E-state index in [0.717, 1.165) is 25.7 Å². The van der Waals surface area contributed by atoms with Crippen LogP contribution in [0.1, 0.15) is 25.8 Å². The van der Waals surface area contributed by atoms with E-state index < -0.39 is 0 Å². The quantitative estimate of drug-likeness (QED) is 0.747. The van der Waals surface area contributed by atoms with E-state index in [1.165, 1.54) is 12.0 Å². The summed E-state index contributed by atoms with van der Waals surface area (Å²) >= 11 is 0. The summed E-state index contributed by atoms with van der Waals surface area (Å²) in [6.45, 7) is 7.12. The van der Waals surface area contributed by atoms with Gasteiger partial charge in [-0.15, -0.1) is 0 Å². The maximum atomic E-state index is 5.80. The van der Waals surface area contributed by atoms with E-state index in [2.05, 4.69) is 43.4 Å². The molecule has 2 heteroatoms. The van der Waals surface area contributed by atoms with Crippen LogP contribution in [0, 0.1) is 11.8 Å². The van der Waals surface area contributed by atoms with E-state index in [1.807, 2.05) is 13.1 Å². The second-order valence-corrected chi connectivity index (χ2v) is 5.05. The number of benzene rings is 1. The highest BCUT2D eigenvalue weighted by Crippen LogP contribution is 2.12. The van der Waals surface area contributed by atoms with Crippen molar-refractivity contribution in [3.05, 3.63) is 35.9 Å². The van der Waals surface area contributed by atoms with Crippen LogP contribution in [0.25, 0.3) is 0 Å². The minimum absolute atomic E-state index is 0.615. The molecule has 2 nitrogen and oxygen atoms in total. The van der Waals surface area contributed by atoms with Gasteiger partial charge in [-0.3, -0.25) is 0 Å². The van der Waals surface area contributed by atoms with Crippen molar-refractivity contribution < 1.29 is 4.74 Å². The number of nitrogens with one attached hydrogen (secondary N) is 1. The van der Waals surface area contributed by atoms with Gasteiger partial charge in [0.15, 0.2) is 0 Å². The van der Waals surface area contributed by atoms with E-state index in [1.54, 1.807) is 0 Å². The van der Waals surface area contributed by atoms with E-state index in [9.17, 15) is 0 Å². The Kier molecular flexibility index (Phi) is 6.90. The largest absolute Gasteiger partial charge is 0.376 e. The molecule has 0 radical (unpaired) electrons. The van der Waals surface area contributed by atoms with Crippen molar-refractivity contribution in [2.24, 2.45) is 11.8 Å². The Morgan fingerprint density at radius 1 is 1.18 bits per heavy atom. The predicted octanol–water partition coefficient (Wildman–Crippen LogP) is 3.08. The first kappa shape index (κ1) is 14.2. The molecule has 1 atom stereocenters. The van der Waals surface area contributed by atoms with Crippen LogP contribution in [0.4, 0.5) is 0 Å². The predicted molar refractivity (Wildman–Crippen MR) is 73.0 cm³/mol. The molecule has 0 aliphatic carbocycles. The van der Waals surface area contributed by atoms with Crippen LogP contribution in [-0.4, -0.2) is 20.2 Å². The Bertz CT molecular complexity index is 284. The van der Waals surface area contributed by atoms with E-state index in [4.69, 9.17) is 4.74 Å². The number of hydrogen-bond acceptors (Lipinski definition) is 2. The molecule has 0 saturated heterocycles. The summed E-state index contributed by atoms with van der Waals surface area (Å²) in [6.07, 6.45) is 1.22. The Labute approximate surface area is 105 Å². The molecule has 0 aliphatic rings. The Morgan fingerprint density at radius 3 is 2.47 bits per heavy atom. The van der Waals surface area contributed by atoms with Crippen molar-refractivity contribution in [1.82, 2.24) is 5.32 Å². The van der Waals surface area contributed by atoms with Crippen LogP contribution >= 0.6 is 0 Å². The molecule has 0 aliphatic heterocycles. The van der Waals surface area contributed by atoms with Gasteiger partial charge in [-0.2, -0.15) is 0 Å². The van der Waals surface area contributed by atoms with Crippen LogP contribution in [-0.2, 0) is 11.3 Å². The van der Waals surface area contributed by atoms with Gasteiger partial charge in [0.2, 0.25) is 0 Å². The second kappa shape index (κ2) is 8.26. The van der Waals surface area contributed by atoms with Crippen molar-refractivity contribution >= 4 is 0 Å². The molecule has 96 valence electrons. The molecular weight excluding hydrogens is 210 g/mol. The summed E-state index contributed by atoms with van der Waals surface area (Å²) < 4.78 is 5.80. The monoisotopic (exact) mass is 235 g/mol. The zero-order valence-electron chi connectivity index (χ0n) is 11.3. The molecule has 0 aromatic heterocycles. The van der Waals surface area contributed by atoms with Gasteiger partial charge in [-0.05, 0) is 37.4 Å². The summed E-state index contributed by atoms with van der Waals surface area (Å²) in [5.41, 5.74) is 1.25. The van der Waals surface area contributed by atoms with E-state index >= 15 is 0 Å². The summed E-state index contributed by atoms with van der Waals surface area (Å²) in [5, 5.41) is 3.24. The van der Waals surface area contributed by atoms with E-state index in [-0.39, 0.29) is 0 Å². The zero-order chi connectivity index (χ0) is 12.5. The lowest BCUT2D eigenvalue weighted by atomic mass is 9.98. The second-order valence-electron chi connectivity index (χ2n) is 5.05. The van der Waals surface area contributed by atoms with Crippen LogP contribution in [0.5, 0.6) is 0 Å². The molecule has 1 N–H and O–H groups in total. The van der Waals surface area contributed by atoms with Gasteiger partial charge < -0.3 is 10.1 Å². The molecule has 0 bridgehead atoms.